The summed E-state index contributed by atoms with van der Waals surface area (Å²) < 4.78 is -0.391. The number of nitriles is 2. The summed E-state index contributed by atoms with van der Waals surface area (Å²) in [6.45, 7) is 8.26. The van der Waals surface area contributed by atoms with Crippen molar-refractivity contribution in [1.82, 2.24) is 0 Å². The lowest BCUT2D eigenvalue weighted by molar-refractivity contribution is 0.785. The summed E-state index contributed by atoms with van der Waals surface area (Å²) >= 11 is 2.57. The highest BCUT2D eigenvalue weighted by Crippen LogP contribution is 2.36. The smallest absolute Gasteiger partial charge is 0.134 e. The number of thioether (sulfide) groups is 2. The molecule has 0 saturated heterocycles. The maximum atomic E-state index is 8.92. The standard InChI is InChI=1S/C21H22N2S2/c1-20(2,24-14-22)18-9-5-16(6-10-18)13-17-7-11-19(12-8-17)21(3,4)25-15-23/h5-12H,13H2,1-4H3. The second-order valence-corrected chi connectivity index (χ2v) is 9.79. The van der Waals surface area contributed by atoms with Crippen LogP contribution in [-0.2, 0) is 15.9 Å². The summed E-state index contributed by atoms with van der Waals surface area (Å²) in [5.74, 6) is 0. The molecule has 2 nitrogen and oxygen atoms in total. The van der Waals surface area contributed by atoms with Crippen LogP contribution >= 0.6 is 23.5 Å². The van der Waals surface area contributed by atoms with Crippen LogP contribution in [-0.4, -0.2) is 0 Å². The lowest BCUT2D eigenvalue weighted by Crippen LogP contribution is -2.11. The van der Waals surface area contributed by atoms with Crippen molar-refractivity contribution in [1.29, 1.82) is 10.5 Å². The Morgan fingerprint density at radius 2 is 1.00 bits per heavy atom. The number of hydrogen-bond acceptors (Lipinski definition) is 4. The molecule has 2 rings (SSSR count). The Morgan fingerprint density at radius 3 is 1.28 bits per heavy atom. The van der Waals surface area contributed by atoms with E-state index in [2.05, 4.69) is 87.0 Å². The fraction of sp³-hybridized carbons (Fsp3) is 0.333. The van der Waals surface area contributed by atoms with Gasteiger partial charge in [-0.25, -0.2) is 0 Å². The Hall–Kier alpha value is -1.88. The summed E-state index contributed by atoms with van der Waals surface area (Å²) in [5.41, 5.74) is 4.82. The summed E-state index contributed by atoms with van der Waals surface area (Å²) in [7, 11) is 0. The van der Waals surface area contributed by atoms with Crippen molar-refractivity contribution in [3.8, 4) is 10.8 Å². The van der Waals surface area contributed by atoms with Crippen LogP contribution < -0.4 is 0 Å². The van der Waals surface area contributed by atoms with E-state index in [9.17, 15) is 0 Å². The van der Waals surface area contributed by atoms with Crippen molar-refractivity contribution in [3.05, 3.63) is 70.8 Å². The van der Waals surface area contributed by atoms with Crippen LogP contribution in [0.25, 0.3) is 0 Å². The summed E-state index contributed by atoms with van der Waals surface area (Å²) in [6, 6.07) is 17.0. The second kappa shape index (κ2) is 8.00. The fourth-order valence-corrected chi connectivity index (χ4v) is 3.59. The third-order valence-electron chi connectivity index (χ3n) is 4.31. The molecule has 0 aliphatic heterocycles. The van der Waals surface area contributed by atoms with Gasteiger partial charge in [-0.3, -0.25) is 0 Å². The van der Waals surface area contributed by atoms with Crippen LogP contribution in [0.4, 0.5) is 0 Å². The lowest BCUT2D eigenvalue weighted by Gasteiger charge is -2.21. The molecular weight excluding hydrogens is 344 g/mol. The topological polar surface area (TPSA) is 47.6 Å². The van der Waals surface area contributed by atoms with Crippen LogP contribution in [0.5, 0.6) is 0 Å². The molecule has 25 heavy (non-hydrogen) atoms. The Kier molecular flexibility index (Phi) is 6.22. The molecule has 0 amide bonds. The third-order valence-corrected chi connectivity index (χ3v) is 5.98. The Labute approximate surface area is 159 Å². The number of benzene rings is 2. The molecule has 0 bridgehead atoms. The summed E-state index contributed by atoms with van der Waals surface area (Å²) in [4.78, 5) is 0. The Morgan fingerprint density at radius 1 is 0.680 bits per heavy atom. The molecule has 0 N–H and O–H groups in total. The van der Waals surface area contributed by atoms with Gasteiger partial charge in [-0.2, -0.15) is 10.5 Å². The third kappa shape index (κ3) is 5.05. The molecule has 2 aromatic carbocycles. The average molecular weight is 367 g/mol. The molecule has 0 heterocycles. The van der Waals surface area contributed by atoms with Crippen molar-refractivity contribution in [2.24, 2.45) is 0 Å². The predicted molar refractivity (Wildman–Crippen MR) is 108 cm³/mol. The summed E-state index contributed by atoms with van der Waals surface area (Å²) in [5, 5.41) is 22.2. The number of rotatable bonds is 6. The second-order valence-electron chi connectivity index (χ2n) is 6.98. The van der Waals surface area contributed by atoms with Crippen LogP contribution in [0.1, 0.15) is 49.9 Å². The maximum absolute atomic E-state index is 8.92. The molecule has 0 spiro atoms. The molecule has 4 heteroatoms. The van der Waals surface area contributed by atoms with Gasteiger partial charge in [0.15, 0.2) is 0 Å². The van der Waals surface area contributed by atoms with Gasteiger partial charge in [0.05, 0.1) is 0 Å². The first kappa shape index (κ1) is 19.4. The molecule has 0 aliphatic rings. The Balaban J connectivity index is 2.11. The Bertz CT molecular complexity index is 722. The fourth-order valence-electron chi connectivity index (χ4n) is 2.63. The molecule has 0 aliphatic carbocycles. The molecule has 0 aromatic heterocycles. The van der Waals surface area contributed by atoms with E-state index in [1.807, 2.05) is 0 Å². The van der Waals surface area contributed by atoms with Gasteiger partial charge in [-0.1, -0.05) is 48.5 Å². The highest BCUT2D eigenvalue weighted by molar-refractivity contribution is 8.04. The minimum atomic E-state index is -0.196. The van der Waals surface area contributed by atoms with Gasteiger partial charge in [-0.05, 0) is 79.9 Å². The maximum Gasteiger partial charge on any atom is 0.134 e. The van der Waals surface area contributed by atoms with Crippen molar-refractivity contribution in [2.75, 3.05) is 0 Å². The van der Waals surface area contributed by atoms with Gasteiger partial charge < -0.3 is 0 Å². The normalized spacial score (nSPS) is 11.6. The van der Waals surface area contributed by atoms with Crippen LogP contribution in [0.15, 0.2) is 48.5 Å². The molecule has 0 radical (unpaired) electrons. The highest BCUT2D eigenvalue weighted by Gasteiger charge is 2.22. The first-order valence-corrected chi connectivity index (χ1v) is 9.75. The zero-order valence-corrected chi connectivity index (χ0v) is 16.7. The quantitative estimate of drug-likeness (QED) is 0.573. The SMILES string of the molecule is CC(C)(SC#N)c1ccc(Cc2ccc(C(C)(C)SC#N)cc2)cc1. The van der Waals surface area contributed by atoms with Crippen LogP contribution in [0, 0.1) is 21.3 Å². The highest BCUT2D eigenvalue weighted by atomic mass is 32.2. The first-order valence-electron chi connectivity index (χ1n) is 8.11. The van der Waals surface area contributed by atoms with Gasteiger partial charge in [0.2, 0.25) is 0 Å². The van der Waals surface area contributed by atoms with Crippen LogP contribution in [0.3, 0.4) is 0 Å². The van der Waals surface area contributed by atoms with Gasteiger partial charge in [-0.15, -0.1) is 0 Å². The van der Waals surface area contributed by atoms with Crippen LogP contribution in [0.2, 0.25) is 0 Å². The summed E-state index contributed by atoms with van der Waals surface area (Å²) in [6.07, 6.45) is 0.873. The largest absolute Gasteiger partial charge is 0.185 e. The molecule has 0 fully saturated rings. The van der Waals surface area contributed by atoms with Gasteiger partial charge >= 0.3 is 0 Å². The monoisotopic (exact) mass is 366 g/mol. The van der Waals surface area contributed by atoms with Crippen molar-refractivity contribution < 1.29 is 0 Å². The number of hydrogen-bond donors (Lipinski definition) is 0. The van der Waals surface area contributed by atoms with E-state index < -0.39 is 0 Å². The van der Waals surface area contributed by atoms with Gasteiger partial charge in [0.25, 0.3) is 0 Å². The number of thiocyanates is 2. The average Bonchev–Trinajstić information content (AvgIpc) is 2.56. The van der Waals surface area contributed by atoms with E-state index in [4.69, 9.17) is 10.5 Å². The van der Waals surface area contributed by atoms with E-state index in [0.29, 0.717) is 0 Å². The zero-order valence-electron chi connectivity index (χ0n) is 15.0. The van der Waals surface area contributed by atoms with Crippen molar-refractivity contribution in [2.45, 2.75) is 43.6 Å². The molecule has 0 atom stereocenters. The minimum absolute atomic E-state index is 0.196. The molecular formula is C21H22N2S2. The van der Waals surface area contributed by atoms with Gasteiger partial charge in [0, 0.05) is 9.49 Å². The van der Waals surface area contributed by atoms with E-state index in [1.165, 1.54) is 34.7 Å². The van der Waals surface area contributed by atoms with Crippen molar-refractivity contribution in [3.63, 3.8) is 0 Å². The molecule has 0 saturated carbocycles. The van der Waals surface area contributed by atoms with E-state index in [1.54, 1.807) is 0 Å². The molecule has 0 unspecified atom stereocenters. The van der Waals surface area contributed by atoms with E-state index >= 15 is 0 Å². The zero-order chi connectivity index (χ0) is 18.5. The molecule has 128 valence electrons. The van der Waals surface area contributed by atoms with E-state index in [-0.39, 0.29) is 9.49 Å². The molecule has 2 aromatic rings. The lowest BCUT2D eigenvalue weighted by atomic mass is 9.96. The number of nitrogens with zero attached hydrogens (tertiary/aromatic N) is 2. The van der Waals surface area contributed by atoms with Crippen molar-refractivity contribution >= 4 is 23.5 Å². The van der Waals surface area contributed by atoms with E-state index in [0.717, 1.165) is 17.5 Å². The minimum Gasteiger partial charge on any atom is -0.185 e. The van der Waals surface area contributed by atoms with Gasteiger partial charge in [0.1, 0.15) is 10.8 Å². The first-order chi connectivity index (χ1) is 11.8. The predicted octanol–water partition coefficient (Wildman–Crippen LogP) is 6.18.